The van der Waals surface area contributed by atoms with Crippen LogP contribution in [0.25, 0.3) is 0 Å². The van der Waals surface area contributed by atoms with Crippen molar-refractivity contribution in [3.8, 4) is 0 Å². The first-order valence-electron chi connectivity index (χ1n) is 6.27. The molecule has 1 aliphatic rings. The topological polar surface area (TPSA) is 65.5 Å². The van der Waals surface area contributed by atoms with E-state index >= 15 is 0 Å². The molecule has 1 aromatic heterocycles. The Morgan fingerprint density at radius 3 is 2.94 bits per heavy atom. The standard InChI is InChI=1S/C13H19N3O2/c1-16-6-3-10(4-7-16)9-15-11-2-5-14-12(8-11)13(17)18/h2,5,8,10H,3-4,6-7,9H2,1H3,(H,14,15)(H,17,18). The summed E-state index contributed by atoms with van der Waals surface area (Å²) in [4.78, 5) is 16.9. The second-order valence-corrected chi connectivity index (χ2v) is 4.86. The van der Waals surface area contributed by atoms with Gasteiger partial charge in [-0.2, -0.15) is 0 Å². The Kier molecular flexibility index (Phi) is 4.15. The molecule has 18 heavy (non-hydrogen) atoms. The lowest BCUT2D eigenvalue weighted by Crippen LogP contribution is -2.32. The molecule has 0 aromatic carbocycles. The SMILES string of the molecule is CN1CCC(CNc2ccnc(C(=O)O)c2)CC1. The molecule has 1 fully saturated rings. The van der Waals surface area contributed by atoms with E-state index in [0.29, 0.717) is 5.92 Å². The molecule has 1 saturated heterocycles. The molecule has 0 bridgehead atoms. The predicted octanol–water partition coefficient (Wildman–Crippen LogP) is 1.53. The Balaban J connectivity index is 1.86. The summed E-state index contributed by atoms with van der Waals surface area (Å²) < 4.78 is 0. The molecule has 0 saturated carbocycles. The van der Waals surface area contributed by atoms with Crippen LogP contribution in [-0.4, -0.2) is 47.6 Å². The molecule has 0 aliphatic carbocycles. The number of nitrogens with zero attached hydrogens (tertiary/aromatic N) is 2. The molecular formula is C13H19N3O2. The van der Waals surface area contributed by atoms with Gasteiger partial charge in [-0.05, 0) is 51.0 Å². The molecule has 0 radical (unpaired) electrons. The van der Waals surface area contributed by atoms with E-state index in [4.69, 9.17) is 5.11 Å². The van der Waals surface area contributed by atoms with Crippen molar-refractivity contribution in [1.29, 1.82) is 0 Å². The molecule has 2 N–H and O–H groups in total. The number of carbonyl (C=O) groups is 1. The highest BCUT2D eigenvalue weighted by Gasteiger charge is 2.16. The minimum Gasteiger partial charge on any atom is -0.477 e. The molecule has 5 heteroatoms. The molecule has 2 heterocycles. The fourth-order valence-electron chi connectivity index (χ4n) is 2.19. The number of hydrogen-bond acceptors (Lipinski definition) is 4. The van der Waals surface area contributed by atoms with Gasteiger partial charge >= 0.3 is 5.97 Å². The van der Waals surface area contributed by atoms with Crippen LogP contribution in [0.4, 0.5) is 5.69 Å². The van der Waals surface area contributed by atoms with Gasteiger partial charge in [0.05, 0.1) is 0 Å². The zero-order chi connectivity index (χ0) is 13.0. The van der Waals surface area contributed by atoms with Crippen LogP contribution in [0.1, 0.15) is 23.3 Å². The smallest absolute Gasteiger partial charge is 0.354 e. The van der Waals surface area contributed by atoms with Gasteiger partial charge in [-0.25, -0.2) is 9.78 Å². The van der Waals surface area contributed by atoms with Gasteiger partial charge in [-0.1, -0.05) is 0 Å². The molecule has 0 unspecified atom stereocenters. The van der Waals surface area contributed by atoms with E-state index in [1.807, 2.05) is 0 Å². The van der Waals surface area contributed by atoms with Crippen molar-refractivity contribution in [2.45, 2.75) is 12.8 Å². The lowest BCUT2D eigenvalue weighted by molar-refractivity contribution is 0.0690. The summed E-state index contributed by atoms with van der Waals surface area (Å²) in [5.41, 5.74) is 0.921. The largest absolute Gasteiger partial charge is 0.477 e. The lowest BCUT2D eigenvalue weighted by Gasteiger charge is -2.29. The molecule has 0 spiro atoms. The maximum Gasteiger partial charge on any atom is 0.354 e. The van der Waals surface area contributed by atoms with Crippen molar-refractivity contribution in [1.82, 2.24) is 9.88 Å². The summed E-state index contributed by atoms with van der Waals surface area (Å²) in [6.07, 6.45) is 3.92. The number of pyridine rings is 1. The third-order valence-corrected chi connectivity index (χ3v) is 3.41. The Labute approximate surface area is 107 Å². The highest BCUT2D eigenvalue weighted by Crippen LogP contribution is 2.17. The van der Waals surface area contributed by atoms with Gasteiger partial charge in [0.15, 0.2) is 0 Å². The highest BCUT2D eigenvalue weighted by molar-refractivity contribution is 5.86. The number of hydrogen-bond donors (Lipinski definition) is 2. The average Bonchev–Trinajstić information content (AvgIpc) is 2.38. The van der Waals surface area contributed by atoms with Crippen molar-refractivity contribution in [2.24, 2.45) is 5.92 Å². The summed E-state index contributed by atoms with van der Waals surface area (Å²) in [6, 6.07) is 3.39. The molecule has 5 nitrogen and oxygen atoms in total. The third-order valence-electron chi connectivity index (χ3n) is 3.41. The molecule has 1 aliphatic heterocycles. The van der Waals surface area contributed by atoms with Gasteiger partial charge in [0.2, 0.25) is 0 Å². The van der Waals surface area contributed by atoms with Crippen molar-refractivity contribution in [3.05, 3.63) is 24.0 Å². The maximum absolute atomic E-state index is 10.8. The van der Waals surface area contributed by atoms with E-state index in [1.54, 1.807) is 12.1 Å². The van der Waals surface area contributed by atoms with Crippen molar-refractivity contribution in [3.63, 3.8) is 0 Å². The highest BCUT2D eigenvalue weighted by atomic mass is 16.4. The number of aromatic nitrogens is 1. The van der Waals surface area contributed by atoms with Crippen molar-refractivity contribution >= 4 is 11.7 Å². The monoisotopic (exact) mass is 249 g/mol. The van der Waals surface area contributed by atoms with Gasteiger partial charge in [0.1, 0.15) is 5.69 Å². The number of rotatable bonds is 4. The van der Waals surface area contributed by atoms with Crippen LogP contribution in [-0.2, 0) is 0 Å². The van der Waals surface area contributed by atoms with Crippen molar-refractivity contribution in [2.75, 3.05) is 32.0 Å². The average molecular weight is 249 g/mol. The fourth-order valence-corrected chi connectivity index (χ4v) is 2.19. The number of carboxylic acids is 1. The van der Waals surface area contributed by atoms with Crippen LogP contribution in [0.15, 0.2) is 18.3 Å². The molecule has 2 rings (SSSR count). The van der Waals surface area contributed by atoms with E-state index in [9.17, 15) is 4.79 Å². The predicted molar refractivity (Wildman–Crippen MR) is 69.9 cm³/mol. The van der Waals surface area contributed by atoms with Crippen LogP contribution >= 0.6 is 0 Å². The molecule has 98 valence electrons. The van der Waals surface area contributed by atoms with Crippen LogP contribution in [0, 0.1) is 5.92 Å². The summed E-state index contributed by atoms with van der Waals surface area (Å²) >= 11 is 0. The molecule has 0 atom stereocenters. The van der Waals surface area contributed by atoms with Gasteiger partial charge in [0.25, 0.3) is 0 Å². The number of likely N-dealkylation sites (tertiary alicyclic amines) is 1. The first kappa shape index (κ1) is 12.8. The number of carboxylic acid groups (broad SMARTS) is 1. The number of piperidine rings is 1. The third kappa shape index (κ3) is 3.43. The van der Waals surface area contributed by atoms with E-state index < -0.39 is 5.97 Å². The van der Waals surface area contributed by atoms with Crippen LogP contribution < -0.4 is 5.32 Å². The molecule has 1 aromatic rings. The first-order valence-corrected chi connectivity index (χ1v) is 6.27. The summed E-state index contributed by atoms with van der Waals surface area (Å²) in [7, 11) is 2.14. The van der Waals surface area contributed by atoms with E-state index in [1.165, 1.54) is 19.0 Å². The molecular weight excluding hydrogens is 230 g/mol. The lowest BCUT2D eigenvalue weighted by atomic mass is 9.97. The van der Waals surface area contributed by atoms with E-state index in [2.05, 4.69) is 22.2 Å². The number of aromatic carboxylic acids is 1. The Morgan fingerprint density at radius 1 is 1.56 bits per heavy atom. The Morgan fingerprint density at radius 2 is 2.28 bits per heavy atom. The Hall–Kier alpha value is -1.62. The van der Waals surface area contributed by atoms with Crippen LogP contribution in [0.5, 0.6) is 0 Å². The summed E-state index contributed by atoms with van der Waals surface area (Å²) in [6.45, 7) is 3.18. The van der Waals surface area contributed by atoms with Gasteiger partial charge in [0, 0.05) is 18.4 Å². The van der Waals surface area contributed by atoms with E-state index in [-0.39, 0.29) is 5.69 Å². The minimum atomic E-state index is -0.988. The van der Waals surface area contributed by atoms with Crippen LogP contribution in [0.2, 0.25) is 0 Å². The van der Waals surface area contributed by atoms with Crippen molar-refractivity contribution < 1.29 is 9.90 Å². The number of nitrogens with one attached hydrogen (secondary N) is 1. The fraction of sp³-hybridized carbons (Fsp3) is 0.538. The zero-order valence-corrected chi connectivity index (χ0v) is 10.6. The second kappa shape index (κ2) is 5.82. The normalized spacial score (nSPS) is 17.6. The molecule has 0 amide bonds. The van der Waals surface area contributed by atoms with E-state index in [0.717, 1.165) is 25.3 Å². The Bertz CT molecular complexity index is 414. The second-order valence-electron chi connectivity index (χ2n) is 4.86. The van der Waals surface area contributed by atoms with Gasteiger partial charge in [-0.15, -0.1) is 0 Å². The minimum absolute atomic E-state index is 0.0865. The quantitative estimate of drug-likeness (QED) is 0.847. The van der Waals surface area contributed by atoms with Gasteiger partial charge < -0.3 is 15.3 Å². The number of anilines is 1. The van der Waals surface area contributed by atoms with Crippen LogP contribution in [0.3, 0.4) is 0 Å². The maximum atomic E-state index is 10.8. The summed E-state index contributed by atoms with van der Waals surface area (Å²) in [5.74, 6) is -0.319. The van der Waals surface area contributed by atoms with Gasteiger partial charge in [-0.3, -0.25) is 0 Å². The first-order chi connectivity index (χ1) is 8.65. The summed E-state index contributed by atoms with van der Waals surface area (Å²) in [5, 5.41) is 12.2. The zero-order valence-electron chi connectivity index (χ0n) is 10.6.